The van der Waals surface area contributed by atoms with Crippen molar-refractivity contribution >= 4 is 34.8 Å². The van der Waals surface area contributed by atoms with E-state index in [1.54, 1.807) is 7.05 Å². The number of rotatable bonds is 2. The fourth-order valence-electron chi connectivity index (χ4n) is 1.53. The Balaban J connectivity index is 2.34. The molecule has 0 aliphatic heterocycles. The molecule has 92 valence electrons. The van der Waals surface area contributed by atoms with Gasteiger partial charge >= 0.3 is 0 Å². The number of nitrogens with zero attached hydrogens (tertiary/aromatic N) is 2. The summed E-state index contributed by atoms with van der Waals surface area (Å²) >= 11 is 11.7. The van der Waals surface area contributed by atoms with Crippen LogP contribution in [0.15, 0.2) is 42.6 Å². The highest BCUT2D eigenvalue weighted by Crippen LogP contribution is 2.22. The van der Waals surface area contributed by atoms with E-state index in [-0.39, 0.29) is 16.1 Å². The Morgan fingerprint density at radius 3 is 2.56 bits per heavy atom. The van der Waals surface area contributed by atoms with Crippen molar-refractivity contribution in [1.82, 2.24) is 4.98 Å². The number of para-hydroxylation sites is 1. The number of pyridine rings is 1. The summed E-state index contributed by atoms with van der Waals surface area (Å²) in [6, 6.07) is 10.8. The Bertz CT molecular complexity index is 572. The second kappa shape index (κ2) is 5.38. The lowest BCUT2D eigenvalue weighted by Gasteiger charge is -2.17. The topological polar surface area (TPSA) is 33.2 Å². The van der Waals surface area contributed by atoms with Gasteiger partial charge in [-0.3, -0.25) is 4.79 Å². The van der Waals surface area contributed by atoms with Gasteiger partial charge in [0.15, 0.2) is 0 Å². The maximum Gasteiger partial charge on any atom is 0.259 e. The molecule has 0 saturated carbocycles. The van der Waals surface area contributed by atoms with Crippen LogP contribution in [0.3, 0.4) is 0 Å². The number of anilines is 1. The first-order chi connectivity index (χ1) is 8.59. The minimum Gasteiger partial charge on any atom is -0.311 e. The molecule has 1 aromatic heterocycles. The quantitative estimate of drug-likeness (QED) is 0.787. The van der Waals surface area contributed by atoms with Crippen molar-refractivity contribution < 1.29 is 4.79 Å². The van der Waals surface area contributed by atoms with E-state index in [1.165, 1.54) is 17.2 Å². The molecule has 0 aliphatic rings. The molecule has 0 aliphatic carbocycles. The number of carbonyl (C=O) groups excluding carboxylic acids is 1. The van der Waals surface area contributed by atoms with E-state index in [9.17, 15) is 4.79 Å². The third kappa shape index (κ3) is 2.63. The van der Waals surface area contributed by atoms with Crippen LogP contribution < -0.4 is 4.90 Å². The van der Waals surface area contributed by atoms with Crippen LogP contribution in [0.5, 0.6) is 0 Å². The summed E-state index contributed by atoms with van der Waals surface area (Å²) in [6.07, 6.45) is 1.37. The molecule has 0 bridgehead atoms. The molecule has 0 spiro atoms. The van der Waals surface area contributed by atoms with Crippen LogP contribution in [-0.2, 0) is 0 Å². The molecule has 0 atom stereocenters. The van der Waals surface area contributed by atoms with E-state index < -0.39 is 0 Å². The first-order valence-electron chi connectivity index (χ1n) is 5.24. The van der Waals surface area contributed by atoms with Gasteiger partial charge in [-0.1, -0.05) is 41.4 Å². The zero-order valence-corrected chi connectivity index (χ0v) is 11.1. The fraction of sp³-hybridized carbons (Fsp3) is 0.0769. The van der Waals surface area contributed by atoms with Crippen molar-refractivity contribution in [2.75, 3.05) is 11.9 Å². The van der Waals surface area contributed by atoms with Gasteiger partial charge in [0, 0.05) is 18.9 Å². The van der Waals surface area contributed by atoms with Crippen molar-refractivity contribution in [3.05, 3.63) is 58.3 Å². The predicted octanol–water partition coefficient (Wildman–Crippen LogP) is 3.67. The summed E-state index contributed by atoms with van der Waals surface area (Å²) in [5, 5.41) is 0.524. The molecule has 5 heteroatoms. The number of halogens is 2. The number of amides is 1. The van der Waals surface area contributed by atoms with Gasteiger partial charge in [-0.15, -0.1) is 0 Å². The van der Waals surface area contributed by atoms with Crippen LogP contribution in [0.25, 0.3) is 0 Å². The molecule has 0 saturated heterocycles. The average Bonchev–Trinajstić information content (AvgIpc) is 2.41. The van der Waals surface area contributed by atoms with Gasteiger partial charge in [-0.2, -0.15) is 0 Å². The van der Waals surface area contributed by atoms with E-state index in [2.05, 4.69) is 4.98 Å². The van der Waals surface area contributed by atoms with Crippen LogP contribution >= 0.6 is 23.2 Å². The van der Waals surface area contributed by atoms with Crippen LogP contribution in [0, 0.1) is 0 Å². The Labute approximate surface area is 115 Å². The first-order valence-corrected chi connectivity index (χ1v) is 5.99. The summed E-state index contributed by atoms with van der Waals surface area (Å²) in [6.45, 7) is 0. The van der Waals surface area contributed by atoms with Crippen molar-refractivity contribution in [3.8, 4) is 0 Å². The maximum absolute atomic E-state index is 12.3. The molecule has 2 rings (SSSR count). The third-order valence-corrected chi connectivity index (χ3v) is 3.01. The minimum absolute atomic E-state index is 0.226. The standard InChI is InChI=1S/C13H10Cl2N2O/c1-17(9-5-3-2-4-6-9)13(18)10-7-12(15)16-8-11(10)14/h2-8H,1H3. The SMILES string of the molecule is CN(C(=O)c1cc(Cl)ncc1Cl)c1ccccc1. The molecule has 1 amide bonds. The number of hydrogen-bond acceptors (Lipinski definition) is 2. The Hall–Kier alpha value is -1.58. The highest BCUT2D eigenvalue weighted by atomic mass is 35.5. The molecule has 1 heterocycles. The van der Waals surface area contributed by atoms with E-state index in [0.717, 1.165) is 5.69 Å². The zero-order valence-electron chi connectivity index (χ0n) is 9.60. The Kier molecular flexibility index (Phi) is 3.84. The zero-order chi connectivity index (χ0) is 13.1. The Morgan fingerprint density at radius 1 is 1.22 bits per heavy atom. The summed E-state index contributed by atoms with van der Waals surface area (Å²) < 4.78 is 0. The molecule has 0 unspecified atom stereocenters. The molecular formula is C13H10Cl2N2O. The second-order valence-electron chi connectivity index (χ2n) is 3.69. The van der Waals surface area contributed by atoms with Crippen molar-refractivity contribution in [2.45, 2.75) is 0 Å². The van der Waals surface area contributed by atoms with Gasteiger partial charge in [-0.25, -0.2) is 4.98 Å². The molecular weight excluding hydrogens is 271 g/mol. The van der Waals surface area contributed by atoms with Gasteiger partial charge in [0.05, 0.1) is 10.6 Å². The lowest BCUT2D eigenvalue weighted by atomic mass is 10.2. The number of aromatic nitrogens is 1. The first kappa shape index (κ1) is 12.9. The molecule has 2 aromatic rings. The number of carbonyl (C=O) groups is 1. The molecule has 0 N–H and O–H groups in total. The minimum atomic E-state index is -0.226. The van der Waals surface area contributed by atoms with Crippen molar-refractivity contribution in [1.29, 1.82) is 0 Å². The number of hydrogen-bond donors (Lipinski definition) is 0. The third-order valence-electron chi connectivity index (χ3n) is 2.50. The Morgan fingerprint density at radius 2 is 1.89 bits per heavy atom. The van der Waals surface area contributed by atoms with Crippen LogP contribution in [-0.4, -0.2) is 17.9 Å². The summed E-state index contributed by atoms with van der Waals surface area (Å²) in [7, 11) is 1.68. The van der Waals surface area contributed by atoms with Gasteiger partial charge in [0.1, 0.15) is 5.15 Å². The average molecular weight is 281 g/mol. The van der Waals surface area contributed by atoms with Gasteiger partial charge in [-0.05, 0) is 18.2 Å². The van der Waals surface area contributed by atoms with Gasteiger partial charge in [0.2, 0.25) is 0 Å². The van der Waals surface area contributed by atoms with Crippen molar-refractivity contribution in [2.24, 2.45) is 0 Å². The summed E-state index contributed by atoms with van der Waals surface area (Å²) in [5.74, 6) is -0.226. The molecule has 1 aromatic carbocycles. The lowest BCUT2D eigenvalue weighted by Crippen LogP contribution is -2.26. The van der Waals surface area contributed by atoms with Gasteiger partial charge in [0.25, 0.3) is 5.91 Å². The largest absolute Gasteiger partial charge is 0.311 e. The van der Waals surface area contributed by atoms with E-state index >= 15 is 0 Å². The molecule has 3 nitrogen and oxygen atoms in total. The lowest BCUT2D eigenvalue weighted by molar-refractivity contribution is 0.0993. The highest BCUT2D eigenvalue weighted by molar-refractivity contribution is 6.35. The van der Waals surface area contributed by atoms with Crippen LogP contribution in [0.2, 0.25) is 10.2 Å². The summed E-state index contributed by atoms with van der Waals surface area (Å²) in [5.41, 5.74) is 1.12. The van der Waals surface area contributed by atoms with Crippen LogP contribution in [0.1, 0.15) is 10.4 Å². The number of benzene rings is 1. The summed E-state index contributed by atoms with van der Waals surface area (Å²) in [4.78, 5) is 17.6. The van der Waals surface area contributed by atoms with Gasteiger partial charge < -0.3 is 4.90 Å². The normalized spacial score (nSPS) is 10.2. The van der Waals surface area contributed by atoms with E-state index in [1.807, 2.05) is 30.3 Å². The van der Waals surface area contributed by atoms with E-state index in [4.69, 9.17) is 23.2 Å². The molecule has 18 heavy (non-hydrogen) atoms. The predicted molar refractivity (Wildman–Crippen MR) is 73.4 cm³/mol. The monoisotopic (exact) mass is 280 g/mol. The second-order valence-corrected chi connectivity index (χ2v) is 4.48. The highest BCUT2D eigenvalue weighted by Gasteiger charge is 2.17. The smallest absolute Gasteiger partial charge is 0.259 e. The fourth-order valence-corrected chi connectivity index (χ4v) is 1.87. The van der Waals surface area contributed by atoms with Crippen LogP contribution in [0.4, 0.5) is 5.69 Å². The molecule has 0 fully saturated rings. The molecule has 0 radical (unpaired) electrons. The van der Waals surface area contributed by atoms with E-state index in [0.29, 0.717) is 5.56 Å². The van der Waals surface area contributed by atoms with Crippen molar-refractivity contribution in [3.63, 3.8) is 0 Å². The maximum atomic E-state index is 12.3.